The molecule has 1 N–H and O–H groups in total. The number of aryl methyl sites for hydroxylation is 2. The summed E-state index contributed by atoms with van der Waals surface area (Å²) in [5.41, 5.74) is 4.88. The van der Waals surface area contributed by atoms with Crippen molar-refractivity contribution in [2.75, 3.05) is 0 Å². The molecular formula is C16H27N5. The molecule has 5 nitrogen and oxygen atoms in total. The summed E-state index contributed by atoms with van der Waals surface area (Å²) in [6, 6.07) is 0.484. The van der Waals surface area contributed by atoms with E-state index in [1.54, 1.807) is 0 Å². The van der Waals surface area contributed by atoms with E-state index in [2.05, 4.69) is 54.2 Å². The van der Waals surface area contributed by atoms with Gasteiger partial charge < -0.3 is 9.88 Å². The van der Waals surface area contributed by atoms with E-state index in [0.717, 1.165) is 31.7 Å². The van der Waals surface area contributed by atoms with E-state index in [-0.39, 0.29) is 0 Å². The summed E-state index contributed by atoms with van der Waals surface area (Å²) in [7, 11) is 0. The topological polar surface area (TPSA) is 47.7 Å². The fourth-order valence-corrected chi connectivity index (χ4v) is 2.53. The standard InChI is InChI=1S/C16H27N5/c1-6-7-20-11-17-8-15(20)10-21-14(5)16(13(4)19-21)9-18-12(2)3/h8,11-12,18H,6-7,9-10H2,1-5H3. The first-order valence-electron chi connectivity index (χ1n) is 7.78. The minimum Gasteiger partial charge on any atom is -0.333 e. The second-order valence-corrected chi connectivity index (χ2v) is 5.92. The van der Waals surface area contributed by atoms with Crippen LogP contribution in [0.3, 0.4) is 0 Å². The minimum atomic E-state index is 0.484. The van der Waals surface area contributed by atoms with E-state index in [1.807, 2.05) is 12.5 Å². The van der Waals surface area contributed by atoms with Crippen molar-refractivity contribution in [2.24, 2.45) is 0 Å². The highest BCUT2D eigenvalue weighted by molar-refractivity contribution is 5.25. The Morgan fingerprint density at radius 2 is 2.05 bits per heavy atom. The van der Waals surface area contributed by atoms with E-state index >= 15 is 0 Å². The van der Waals surface area contributed by atoms with Crippen LogP contribution in [0.2, 0.25) is 0 Å². The fourth-order valence-electron chi connectivity index (χ4n) is 2.53. The molecule has 0 fully saturated rings. The van der Waals surface area contributed by atoms with Gasteiger partial charge in [0.25, 0.3) is 0 Å². The molecule has 0 radical (unpaired) electrons. The number of rotatable bonds is 7. The van der Waals surface area contributed by atoms with Gasteiger partial charge in [-0.1, -0.05) is 20.8 Å². The Labute approximate surface area is 127 Å². The Balaban J connectivity index is 2.17. The molecule has 0 spiro atoms. The van der Waals surface area contributed by atoms with Crippen LogP contribution in [0.15, 0.2) is 12.5 Å². The van der Waals surface area contributed by atoms with Gasteiger partial charge in [-0.15, -0.1) is 0 Å². The molecule has 0 bridgehead atoms. The van der Waals surface area contributed by atoms with Crippen molar-refractivity contribution in [3.05, 3.63) is 35.2 Å². The summed E-state index contributed by atoms with van der Waals surface area (Å²) < 4.78 is 4.30. The number of imidazole rings is 1. The molecule has 2 aromatic rings. The van der Waals surface area contributed by atoms with Crippen molar-refractivity contribution in [3.63, 3.8) is 0 Å². The maximum Gasteiger partial charge on any atom is 0.0948 e. The largest absolute Gasteiger partial charge is 0.333 e. The van der Waals surface area contributed by atoms with Crippen LogP contribution in [0.25, 0.3) is 0 Å². The van der Waals surface area contributed by atoms with Crippen molar-refractivity contribution < 1.29 is 0 Å². The molecule has 0 unspecified atom stereocenters. The molecular weight excluding hydrogens is 262 g/mol. The maximum absolute atomic E-state index is 4.70. The second-order valence-electron chi connectivity index (χ2n) is 5.92. The van der Waals surface area contributed by atoms with E-state index in [9.17, 15) is 0 Å². The SMILES string of the molecule is CCCn1cncc1Cn1nc(C)c(CNC(C)C)c1C. The van der Waals surface area contributed by atoms with Gasteiger partial charge in [0.05, 0.1) is 30.5 Å². The lowest BCUT2D eigenvalue weighted by molar-refractivity contribution is 0.577. The quantitative estimate of drug-likeness (QED) is 0.852. The summed E-state index contributed by atoms with van der Waals surface area (Å²) in [6.45, 7) is 13.4. The van der Waals surface area contributed by atoms with Crippen molar-refractivity contribution in [1.82, 2.24) is 24.6 Å². The fraction of sp³-hybridized carbons (Fsp3) is 0.625. The first-order chi connectivity index (χ1) is 10.0. The molecule has 0 atom stereocenters. The molecule has 0 aliphatic heterocycles. The molecule has 2 rings (SSSR count). The third-order valence-corrected chi connectivity index (χ3v) is 3.79. The van der Waals surface area contributed by atoms with Gasteiger partial charge in [-0.05, 0) is 20.3 Å². The average molecular weight is 289 g/mol. The first kappa shape index (κ1) is 15.8. The smallest absolute Gasteiger partial charge is 0.0948 e. The van der Waals surface area contributed by atoms with Crippen LogP contribution in [-0.2, 0) is 19.6 Å². The summed E-state index contributed by atoms with van der Waals surface area (Å²) >= 11 is 0. The van der Waals surface area contributed by atoms with Gasteiger partial charge in [-0.25, -0.2) is 4.98 Å². The van der Waals surface area contributed by atoms with E-state index in [0.29, 0.717) is 6.04 Å². The van der Waals surface area contributed by atoms with Gasteiger partial charge in [0.2, 0.25) is 0 Å². The van der Waals surface area contributed by atoms with Crippen molar-refractivity contribution in [3.8, 4) is 0 Å². The molecule has 21 heavy (non-hydrogen) atoms. The molecule has 0 saturated heterocycles. The highest BCUT2D eigenvalue weighted by Crippen LogP contribution is 2.15. The lowest BCUT2D eigenvalue weighted by Crippen LogP contribution is -2.22. The average Bonchev–Trinajstić information content (AvgIpc) is 2.95. The van der Waals surface area contributed by atoms with Crippen LogP contribution in [-0.4, -0.2) is 25.4 Å². The molecule has 0 amide bonds. The monoisotopic (exact) mass is 289 g/mol. The number of aromatic nitrogens is 4. The Morgan fingerprint density at radius 1 is 1.29 bits per heavy atom. The number of hydrogen-bond acceptors (Lipinski definition) is 3. The zero-order valence-corrected chi connectivity index (χ0v) is 13.8. The number of nitrogens with zero attached hydrogens (tertiary/aromatic N) is 4. The molecule has 2 heterocycles. The highest BCUT2D eigenvalue weighted by atomic mass is 15.3. The summed E-state index contributed by atoms with van der Waals surface area (Å²) in [4.78, 5) is 4.26. The van der Waals surface area contributed by atoms with Crippen LogP contribution < -0.4 is 5.32 Å². The third-order valence-electron chi connectivity index (χ3n) is 3.79. The molecule has 116 valence electrons. The van der Waals surface area contributed by atoms with Crippen LogP contribution in [0, 0.1) is 13.8 Å². The van der Waals surface area contributed by atoms with Crippen molar-refractivity contribution in [2.45, 2.75) is 66.7 Å². The molecule has 5 heteroatoms. The Kier molecular flexibility index (Phi) is 5.17. The van der Waals surface area contributed by atoms with Gasteiger partial charge in [0, 0.05) is 30.4 Å². The van der Waals surface area contributed by atoms with Crippen molar-refractivity contribution in [1.29, 1.82) is 0 Å². The lowest BCUT2D eigenvalue weighted by atomic mass is 10.2. The van der Waals surface area contributed by atoms with Crippen LogP contribution in [0.1, 0.15) is 49.8 Å². The van der Waals surface area contributed by atoms with Crippen LogP contribution >= 0.6 is 0 Å². The molecule has 2 aromatic heterocycles. The Morgan fingerprint density at radius 3 is 2.71 bits per heavy atom. The predicted octanol–water partition coefficient (Wildman–Crippen LogP) is 2.65. The molecule has 0 aliphatic rings. The normalized spacial score (nSPS) is 11.5. The molecule has 0 aliphatic carbocycles. The van der Waals surface area contributed by atoms with Gasteiger partial charge >= 0.3 is 0 Å². The minimum absolute atomic E-state index is 0.484. The summed E-state index contributed by atoms with van der Waals surface area (Å²) in [5.74, 6) is 0. The summed E-state index contributed by atoms with van der Waals surface area (Å²) in [5, 5.41) is 8.18. The maximum atomic E-state index is 4.70. The summed E-state index contributed by atoms with van der Waals surface area (Å²) in [6.07, 6.45) is 4.97. The zero-order chi connectivity index (χ0) is 15.4. The number of hydrogen-bond donors (Lipinski definition) is 1. The third kappa shape index (κ3) is 3.73. The van der Waals surface area contributed by atoms with E-state index in [4.69, 9.17) is 5.10 Å². The highest BCUT2D eigenvalue weighted by Gasteiger charge is 2.13. The van der Waals surface area contributed by atoms with Crippen molar-refractivity contribution >= 4 is 0 Å². The van der Waals surface area contributed by atoms with Crippen LogP contribution in [0.4, 0.5) is 0 Å². The number of nitrogens with one attached hydrogen (secondary N) is 1. The van der Waals surface area contributed by atoms with Gasteiger partial charge in [0.15, 0.2) is 0 Å². The van der Waals surface area contributed by atoms with Gasteiger partial charge in [-0.2, -0.15) is 5.10 Å². The second kappa shape index (κ2) is 6.89. The zero-order valence-electron chi connectivity index (χ0n) is 13.8. The lowest BCUT2D eigenvalue weighted by Gasteiger charge is -2.10. The molecule has 0 saturated carbocycles. The van der Waals surface area contributed by atoms with Crippen LogP contribution in [0.5, 0.6) is 0 Å². The van der Waals surface area contributed by atoms with E-state index < -0.39 is 0 Å². The van der Waals surface area contributed by atoms with Gasteiger partial charge in [-0.3, -0.25) is 4.68 Å². The van der Waals surface area contributed by atoms with E-state index in [1.165, 1.54) is 17.0 Å². The predicted molar refractivity (Wildman–Crippen MR) is 85.3 cm³/mol. The first-order valence-corrected chi connectivity index (χ1v) is 7.78. The Bertz CT molecular complexity index is 580. The Hall–Kier alpha value is -1.62. The van der Waals surface area contributed by atoms with Gasteiger partial charge in [0.1, 0.15) is 0 Å². The molecule has 0 aromatic carbocycles.